The third kappa shape index (κ3) is 3.06. The molecular weight excluding hydrogens is 320 g/mol. The van der Waals surface area contributed by atoms with Gasteiger partial charge in [-0.05, 0) is 37.6 Å². The Labute approximate surface area is 145 Å². The van der Waals surface area contributed by atoms with Crippen LogP contribution in [0.4, 0.5) is 0 Å². The summed E-state index contributed by atoms with van der Waals surface area (Å²) in [4.78, 5) is 0. The van der Waals surface area contributed by atoms with Crippen molar-refractivity contribution in [3.63, 3.8) is 0 Å². The highest BCUT2D eigenvalue weighted by Crippen LogP contribution is 2.32. The number of nitriles is 1. The van der Waals surface area contributed by atoms with E-state index in [-0.39, 0.29) is 6.42 Å². The number of hydrogen-bond donors (Lipinski definition) is 0. The lowest BCUT2D eigenvalue weighted by atomic mass is 10.2. The molecule has 2 aromatic rings. The Balaban J connectivity index is 2.29. The molecule has 0 spiro atoms. The number of rotatable bonds is 5. The van der Waals surface area contributed by atoms with E-state index >= 15 is 0 Å². The number of methoxy groups -OCH3 is 2. The van der Waals surface area contributed by atoms with Gasteiger partial charge in [-0.15, -0.1) is 10.2 Å². The fourth-order valence-electron chi connectivity index (χ4n) is 2.66. The molecule has 1 aliphatic carbocycles. The highest BCUT2D eigenvalue weighted by atomic mass is 16.5. The van der Waals surface area contributed by atoms with Crippen LogP contribution in [0.3, 0.4) is 0 Å². The first-order chi connectivity index (χ1) is 12.2. The third-order valence-electron chi connectivity index (χ3n) is 3.77. The van der Waals surface area contributed by atoms with Gasteiger partial charge in [-0.2, -0.15) is 5.26 Å². The summed E-state index contributed by atoms with van der Waals surface area (Å²) in [6, 6.07) is 5.79. The zero-order valence-corrected chi connectivity index (χ0v) is 14.3. The molecule has 0 amide bonds. The van der Waals surface area contributed by atoms with Crippen LogP contribution in [0.1, 0.15) is 18.0 Å². The van der Waals surface area contributed by atoms with Crippen molar-refractivity contribution in [3.8, 4) is 17.7 Å². The second kappa shape index (κ2) is 7.09. The van der Waals surface area contributed by atoms with Gasteiger partial charge in [0.05, 0.1) is 26.7 Å². The summed E-state index contributed by atoms with van der Waals surface area (Å²) in [7, 11) is 3.18. The number of nitrogens with zero attached hydrogens (tertiary/aromatic N) is 4. The van der Waals surface area contributed by atoms with Gasteiger partial charge in [-0.3, -0.25) is 4.57 Å². The zero-order chi connectivity index (χ0) is 17.8. The molecule has 0 atom stereocenters. The van der Waals surface area contributed by atoms with Gasteiger partial charge in [0.2, 0.25) is 5.82 Å². The van der Waals surface area contributed by atoms with E-state index in [1.807, 2.05) is 37.3 Å². The molecule has 0 N–H and O–H groups in total. The molecule has 2 heterocycles. The summed E-state index contributed by atoms with van der Waals surface area (Å²) in [6.07, 6.45) is 6.56. The van der Waals surface area contributed by atoms with Gasteiger partial charge in [0.15, 0.2) is 11.6 Å². The van der Waals surface area contributed by atoms with E-state index in [9.17, 15) is 0 Å². The smallest absolute Gasteiger partial charge is 0.204 e. The van der Waals surface area contributed by atoms with Crippen LogP contribution >= 0.6 is 0 Å². The SMILES string of the molecule is COC1=CCC=CC(OC)=C1n1c(CC#N)nnc1-c1ccc(C)o1. The zero-order valence-electron chi connectivity index (χ0n) is 14.3. The molecule has 3 rings (SSSR count). The maximum Gasteiger partial charge on any atom is 0.204 e. The molecule has 0 bridgehead atoms. The Morgan fingerprint density at radius 3 is 2.76 bits per heavy atom. The van der Waals surface area contributed by atoms with Crippen molar-refractivity contribution in [1.29, 1.82) is 5.26 Å². The lowest BCUT2D eigenvalue weighted by Gasteiger charge is -2.17. The average molecular weight is 338 g/mol. The molecule has 0 saturated carbocycles. The second-order valence-electron chi connectivity index (χ2n) is 5.35. The van der Waals surface area contributed by atoms with Crippen LogP contribution in [-0.4, -0.2) is 29.0 Å². The maximum atomic E-state index is 9.17. The molecule has 128 valence electrons. The van der Waals surface area contributed by atoms with Crippen molar-refractivity contribution in [2.75, 3.05) is 14.2 Å². The standard InChI is InChI=1S/C18H18N4O3/c1-12-8-9-15(25-12)18-21-20-16(10-11-19)22(18)17-13(23-2)6-4-5-7-14(17)24-3/h4,6-9H,5,10H2,1-3H3. The Hall–Kier alpha value is -3.27. The molecule has 0 aliphatic heterocycles. The van der Waals surface area contributed by atoms with Gasteiger partial charge in [-0.1, -0.05) is 6.08 Å². The Morgan fingerprint density at radius 1 is 1.28 bits per heavy atom. The van der Waals surface area contributed by atoms with Crippen molar-refractivity contribution in [2.24, 2.45) is 0 Å². The normalized spacial score (nSPS) is 14.1. The fraction of sp³-hybridized carbons (Fsp3) is 0.278. The third-order valence-corrected chi connectivity index (χ3v) is 3.77. The summed E-state index contributed by atoms with van der Waals surface area (Å²) in [6.45, 7) is 1.86. The number of furan rings is 1. The highest BCUT2D eigenvalue weighted by Gasteiger charge is 2.25. The molecule has 0 aromatic carbocycles. The molecule has 0 fully saturated rings. The predicted molar refractivity (Wildman–Crippen MR) is 90.9 cm³/mol. The molecule has 2 aromatic heterocycles. The van der Waals surface area contributed by atoms with Crippen LogP contribution in [0.2, 0.25) is 0 Å². The summed E-state index contributed by atoms with van der Waals surface area (Å²) >= 11 is 0. The lowest BCUT2D eigenvalue weighted by Crippen LogP contribution is -2.10. The van der Waals surface area contributed by atoms with E-state index < -0.39 is 0 Å². The fourth-order valence-corrected chi connectivity index (χ4v) is 2.66. The number of aryl methyl sites for hydroxylation is 1. The van der Waals surface area contributed by atoms with Crippen LogP contribution in [-0.2, 0) is 15.9 Å². The van der Waals surface area contributed by atoms with Crippen LogP contribution in [0.25, 0.3) is 17.3 Å². The molecule has 0 unspecified atom stereocenters. The maximum absolute atomic E-state index is 9.17. The summed E-state index contributed by atoms with van der Waals surface area (Å²) in [5, 5.41) is 17.6. The first-order valence-electron chi connectivity index (χ1n) is 7.77. The topological polar surface area (TPSA) is 86.1 Å². The number of ether oxygens (including phenoxy) is 2. The van der Waals surface area contributed by atoms with E-state index in [1.165, 1.54) is 0 Å². The minimum absolute atomic E-state index is 0.0912. The largest absolute Gasteiger partial charge is 0.495 e. The Bertz CT molecular complexity index is 909. The van der Waals surface area contributed by atoms with Gasteiger partial charge >= 0.3 is 0 Å². The highest BCUT2D eigenvalue weighted by molar-refractivity contribution is 5.72. The van der Waals surface area contributed by atoms with E-state index in [2.05, 4.69) is 16.3 Å². The molecule has 7 nitrogen and oxygen atoms in total. The molecule has 0 radical (unpaired) electrons. The van der Waals surface area contributed by atoms with Crippen molar-refractivity contribution in [1.82, 2.24) is 14.8 Å². The average Bonchev–Trinajstić information content (AvgIpc) is 3.15. The van der Waals surface area contributed by atoms with Crippen LogP contribution < -0.4 is 0 Å². The van der Waals surface area contributed by atoms with E-state index in [0.29, 0.717) is 41.0 Å². The van der Waals surface area contributed by atoms with Crippen LogP contribution in [0.5, 0.6) is 0 Å². The van der Waals surface area contributed by atoms with Crippen molar-refractivity contribution >= 4 is 5.70 Å². The van der Waals surface area contributed by atoms with E-state index in [4.69, 9.17) is 19.2 Å². The molecule has 7 heteroatoms. The van der Waals surface area contributed by atoms with Crippen LogP contribution in [0.15, 0.2) is 46.3 Å². The first-order valence-corrected chi connectivity index (χ1v) is 7.77. The second-order valence-corrected chi connectivity index (χ2v) is 5.35. The first kappa shape index (κ1) is 16.6. The lowest BCUT2D eigenvalue weighted by molar-refractivity contribution is 0.287. The molecule has 25 heavy (non-hydrogen) atoms. The Morgan fingerprint density at radius 2 is 2.12 bits per heavy atom. The van der Waals surface area contributed by atoms with Gasteiger partial charge in [0.25, 0.3) is 0 Å². The minimum Gasteiger partial charge on any atom is -0.495 e. The molecule has 0 saturated heterocycles. The van der Waals surface area contributed by atoms with E-state index in [1.54, 1.807) is 18.8 Å². The number of aromatic nitrogens is 3. The molecular formula is C18H18N4O3. The van der Waals surface area contributed by atoms with Gasteiger partial charge < -0.3 is 13.9 Å². The predicted octanol–water partition coefficient (Wildman–Crippen LogP) is 3.22. The minimum atomic E-state index is 0.0912. The van der Waals surface area contributed by atoms with E-state index in [0.717, 1.165) is 5.76 Å². The van der Waals surface area contributed by atoms with Crippen molar-refractivity contribution < 1.29 is 13.9 Å². The van der Waals surface area contributed by atoms with Gasteiger partial charge in [0.1, 0.15) is 23.0 Å². The quantitative estimate of drug-likeness (QED) is 0.832. The van der Waals surface area contributed by atoms with Gasteiger partial charge in [-0.25, -0.2) is 0 Å². The summed E-state index contributed by atoms with van der Waals surface area (Å²) in [5.74, 6) is 3.49. The van der Waals surface area contributed by atoms with Crippen molar-refractivity contribution in [3.05, 3.63) is 53.5 Å². The number of hydrogen-bond acceptors (Lipinski definition) is 6. The summed E-state index contributed by atoms with van der Waals surface area (Å²) < 4.78 is 18.6. The van der Waals surface area contributed by atoms with Crippen LogP contribution in [0, 0.1) is 18.3 Å². The van der Waals surface area contributed by atoms with Gasteiger partial charge in [0, 0.05) is 0 Å². The molecule has 1 aliphatic rings. The Kier molecular flexibility index (Phi) is 4.70. The monoisotopic (exact) mass is 338 g/mol. The summed E-state index contributed by atoms with van der Waals surface area (Å²) in [5.41, 5.74) is 0.637. The van der Waals surface area contributed by atoms with Crippen molar-refractivity contribution in [2.45, 2.75) is 19.8 Å². The number of allylic oxidation sites excluding steroid dienone is 4.